The molecule has 0 unspecified atom stereocenters. The highest BCUT2D eigenvalue weighted by Crippen LogP contribution is 2.55. The quantitative estimate of drug-likeness (QED) is 0.0335. The molecule has 0 atom stereocenters. The highest BCUT2D eigenvalue weighted by atomic mass is 32.1. The van der Waals surface area contributed by atoms with Crippen molar-refractivity contribution in [1.82, 2.24) is 0 Å². The summed E-state index contributed by atoms with van der Waals surface area (Å²) in [6, 6.07) is 49.7. The highest BCUT2D eigenvalue weighted by molar-refractivity contribution is 7.33. The molecule has 12 rings (SSSR count). The molecule has 0 bridgehead atoms. The molecule has 0 N–H and O–H groups in total. The van der Waals surface area contributed by atoms with Gasteiger partial charge >= 0.3 is 0 Å². The zero-order chi connectivity index (χ0) is 63.4. The maximum Gasteiger partial charge on any atom is 0.0531 e. The summed E-state index contributed by atoms with van der Waals surface area (Å²) in [5.74, 6) is 0. The van der Waals surface area contributed by atoms with Gasteiger partial charge in [-0.1, -0.05) is 267 Å². The molecule has 93 heavy (non-hydrogen) atoms. The van der Waals surface area contributed by atoms with Crippen LogP contribution < -0.4 is 0 Å². The predicted octanol–water partition coefficient (Wildman–Crippen LogP) is 32.4. The van der Waals surface area contributed by atoms with E-state index >= 15 is 0 Å². The number of hydrogen-bond donors (Lipinski definition) is 0. The van der Waals surface area contributed by atoms with Gasteiger partial charge in [0.15, 0.2) is 0 Å². The molecule has 0 spiro atoms. The van der Waals surface area contributed by atoms with Crippen LogP contribution in [0.15, 0.2) is 138 Å². The lowest BCUT2D eigenvalue weighted by Gasteiger charge is -2.04. The fourth-order valence-electron chi connectivity index (χ4n) is 13.9. The van der Waals surface area contributed by atoms with Crippen LogP contribution in [0.5, 0.6) is 0 Å². The maximum absolute atomic E-state index is 2.61. The average molecular weight is 1400 g/mol. The normalized spacial score (nSPS) is 11.9. The average Bonchev–Trinajstić information content (AvgIpc) is 1.65. The second kappa shape index (κ2) is 35.8. The zero-order valence-electron chi connectivity index (χ0n) is 55.8. The lowest BCUT2D eigenvalue weighted by Crippen LogP contribution is -1.87. The Morgan fingerprint density at radius 1 is 0.204 bits per heavy atom. The van der Waals surface area contributed by atoms with Crippen molar-refractivity contribution in [3.8, 4) is 78.0 Å². The van der Waals surface area contributed by atoms with E-state index in [1.54, 1.807) is 5.56 Å². The molecule has 9 aromatic heterocycles. The number of fused-ring (bicyclic) bond motifs is 3. The summed E-state index contributed by atoms with van der Waals surface area (Å²) in [5.41, 5.74) is 4.61. The second-order valence-corrected chi connectivity index (χ2v) is 35.4. The minimum absolute atomic E-state index is 1.13. The van der Waals surface area contributed by atoms with Gasteiger partial charge in [0.25, 0.3) is 0 Å². The van der Waals surface area contributed by atoms with E-state index in [0.29, 0.717) is 0 Å². The van der Waals surface area contributed by atoms with Crippen molar-refractivity contribution in [2.45, 2.75) is 233 Å². The number of aryl methyl sites for hydroxylation is 3. The molecule has 0 radical (unpaired) electrons. The Morgan fingerprint density at radius 2 is 0.473 bits per heavy atom. The molecule has 0 aliphatic carbocycles. The van der Waals surface area contributed by atoms with E-state index in [1.165, 1.54) is 327 Å². The smallest absolute Gasteiger partial charge is 0.0531 e. The molecule has 0 aliphatic heterocycles. The highest BCUT2D eigenvalue weighted by Gasteiger charge is 2.25. The van der Waals surface area contributed by atoms with Crippen LogP contribution in [0.3, 0.4) is 0 Å². The van der Waals surface area contributed by atoms with E-state index in [-0.39, 0.29) is 0 Å². The first-order valence-corrected chi connectivity index (χ1v) is 43.7. The topological polar surface area (TPSA) is 0 Å². The summed E-state index contributed by atoms with van der Waals surface area (Å²) in [4.78, 5) is 22.7. The Balaban J connectivity index is 0.775. The van der Waals surface area contributed by atoms with E-state index in [1.807, 2.05) is 90.7 Å². The summed E-state index contributed by atoms with van der Waals surface area (Å²) in [7, 11) is 0. The van der Waals surface area contributed by atoms with Crippen molar-refractivity contribution in [2.75, 3.05) is 0 Å². The minimum atomic E-state index is 1.13. The Bertz CT molecular complexity index is 4180. The fraction of sp³-hybridized carbons (Fsp3) is 0.429. The fourth-order valence-corrected chi connectivity index (χ4v) is 25.0. The van der Waals surface area contributed by atoms with Gasteiger partial charge in [0.2, 0.25) is 0 Å². The molecule has 0 saturated carbocycles. The van der Waals surface area contributed by atoms with Crippen molar-refractivity contribution in [3.63, 3.8) is 0 Å². The Morgan fingerprint density at radius 3 is 0.806 bits per heavy atom. The van der Waals surface area contributed by atoms with Gasteiger partial charge in [-0.25, -0.2) is 0 Å². The molecule has 9 heterocycles. The molecule has 3 aromatic carbocycles. The van der Waals surface area contributed by atoms with Gasteiger partial charge in [0.1, 0.15) is 0 Å². The van der Waals surface area contributed by atoms with Crippen molar-refractivity contribution in [1.29, 1.82) is 0 Å². The van der Waals surface area contributed by atoms with Crippen molar-refractivity contribution < 1.29 is 0 Å². The third kappa shape index (κ3) is 17.5. The number of benzene rings is 3. The van der Waals surface area contributed by atoms with Crippen LogP contribution in [0, 0.1) is 0 Å². The Labute approximate surface area is 594 Å². The van der Waals surface area contributed by atoms with Crippen molar-refractivity contribution in [2.24, 2.45) is 0 Å². The van der Waals surface area contributed by atoms with E-state index in [2.05, 4.69) is 170 Å². The monoisotopic (exact) mass is 1390 g/mol. The SMILES string of the molecule is CCCCCCCCCCCCc1ccsc1-c1sc(-c2ccc(-c3ccc(-c4sc(-c5sc(-c6ccc(-c7sc(-c8sccc8CCCCCCCCCCCC)c8ccccc78)s6)cc5CCCCCCCCCCCC)c5ccccc45)s3)s2)c2ccccc12. The van der Waals surface area contributed by atoms with Gasteiger partial charge in [0, 0.05) is 81.1 Å². The van der Waals surface area contributed by atoms with E-state index in [9.17, 15) is 0 Å². The number of unbranched alkanes of at least 4 members (excludes halogenated alkanes) is 27. The van der Waals surface area contributed by atoms with Crippen LogP contribution in [-0.4, -0.2) is 0 Å². The molecule has 0 saturated heterocycles. The summed E-state index contributed by atoms with van der Waals surface area (Å²) in [6.07, 6.45) is 44.6. The molecule has 0 nitrogen and oxygen atoms in total. The lowest BCUT2D eigenvalue weighted by atomic mass is 10.0. The Hall–Kier alpha value is -4.26. The van der Waals surface area contributed by atoms with Gasteiger partial charge in [0.05, 0.1) is 29.3 Å². The first-order chi connectivity index (χ1) is 46.1. The maximum atomic E-state index is 2.61. The standard InChI is InChI=1S/C84H98S9/c1-4-7-10-13-16-19-22-25-28-31-40-60-55-57-85-76(60)82-66-46-37-34-43-63(66)79(91-82)72-52-49-69(87-72)70-50-53-73(88-70)81-65-45-36-39-48-68(65)84(93-81)78-62(42-33-30-27-24-21-18-15-12-9-6-3)59-75(90-78)71-51-54-74(89-71)80-64-44-35-38-47-67(64)83(92-80)77-61(56-58-86-77)41-32-29-26-23-20-17-14-11-8-5-2/h34-39,43-59H,4-33,40-42H2,1-3H3. The van der Waals surface area contributed by atoms with Crippen LogP contribution in [0.25, 0.3) is 110 Å². The number of hydrogen-bond acceptors (Lipinski definition) is 9. The zero-order valence-corrected chi connectivity index (χ0v) is 63.1. The minimum Gasteiger partial charge on any atom is -0.143 e. The molecule has 488 valence electrons. The predicted molar refractivity (Wildman–Crippen MR) is 430 cm³/mol. The summed E-state index contributed by atoms with van der Waals surface area (Å²) in [5, 5.41) is 13.1. The van der Waals surface area contributed by atoms with Gasteiger partial charge < -0.3 is 0 Å². The summed E-state index contributed by atoms with van der Waals surface area (Å²) >= 11 is 18.0. The lowest BCUT2D eigenvalue weighted by molar-refractivity contribution is 0.556. The first kappa shape index (κ1) is 68.7. The van der Waals surface area contributed by atoms with Crippen LogP contribution in [0.1, 0.15) is 230 Å². The van der Waals surface area contributed by atoms with Gasteiger partial charge in [-0.3, -0.25) is 0 Å². The van der Waals surface area contributed by atoms with Gasteiger partial charge in [-0.05, 0) is 121 Å². The van der Waals surface area contributed by atoms with E-state index < -0.39 is 0 Å². The number of rotatable bonds is 41. The molecule has 0 aliphatic rings. The largest absolute Gasteiger partial charge is 0.143 e. The molecule has 12 aromatic rings. The van der Waals surface area contributed by atoms with Gasteiger partial charge in [-0.2, -0.15) is 0 Å². The van der Waals surface area contributed by atoms with Crippen molar-refractivity contribution in [3.05, 3.63) is 155 Å². The molecule has 9 heteroatoms. The van der Waals surface area contributed by atoms with E-state index in [0.717, 1.165) is 6.42 Å². The van der Waals surface area contributed by atoms with Crippen LogP contribution in [0.4, 0.5) is 0 Å². The summed E-state index contributed by atoms with van der Waals surface area (Å²) < 4.78 is 0. The van der Waals surface area contributed by atoms with Gasteiger partial charge in [-0.15, -0.1) is 102 Å². The van der Waals surface area contributed by atoms with Crippen LogP contribution in [-0.2, 0) is 19.3 Å². The van der Waals surface area contributed by atoms with Crippen LogP contribution >= 0.6 is 102 Å². The summed E-state index contributed by atoms with van der Waals surface area (Å²) in [6.45, 7) is 6.95. The third-order valence-corrected chi connectivity index (χ3v) is 30.6. The first-order valence-electron chi connectivity index (χ1n) is 36.2. The van der Waals surface area contributed by atoms with Crippen LogP contribution in [0.2, 0.25) is 0 Å². The Kier molecular flexibility index (Phi) is 26.5. The number of thiophene rings is 9. The molecule has 0 fully saturated rings. The third-order valence-electron chi connectivity index (χ3n) is 19.2. The molecular formula is C84H98S9. The molecular weight excluding hydrogens is 1300 g/mol. The second-order valence-electron chi connectivity index (χ2n) is 26.2. The van der Waals surface area contributed by atoms with E-state index in [4.69, 9.17) is 0 Å². The molecule has 0 amide bonds. The van der Waals surface area contributed by atoms with Crippen molar-refractivity contribution >= 4 is 134 Å².